The maximum absolute atomic E-state index is 12.2. The lowest BCUT2D eigenvalue weighted by Crippen LogP contribution is -2.10. The van der Waals surface area contributed by atoms with Gasteiger partial charge in [-0.2, -0.15) is 0 Å². The molecule has 0 aliphatic rings. The van der Waals surface area contributed by atoms with Crippen molar-refractivity contribution >= 4 is 39.4 Å². The molecule has 0 unspecified atom stereocenters. The van der Waals surface area contributed by atoms with Crippen LogP contribution in [0.4, 0.5) is 5.69 Å². The third-order valence-corrected chi connectivity index (χ3v) is 3.88. The molecular formula is C18H19N3O3. The van der Waals surface area contributed by atoms with Crippen LogP contribution in [0.3, 0.4) is 0 Å². The van der Waals surface area contributed by atoms with Crippen LogP contribution in [0, 0.1) is 0 Å². The van der Waals surface area contributed by atoms with E-state index in [1.807, 2.05) is 25.1 Å². The second-order valence-corrected chi connectivity index (χ2v) is 5.51. The fourth-order valence-corrected chi connectivity index (χ4v) is 2.96. The number of anilines is 1. The van der Waals surface area contributed by atoms with Crippen LogP contribution in [0.2, 0.25) is 0 Å². The number of esters is 1. The molecule has 0 radical (unpaired) electrons. The van der Waals surface area contributed by atoms with Crippen molar-refractivity contribution in [3.63, 3.8) is 0 Å². The number of hydrogen-bond acceptors (Lipinski definition) is 4. The molecule has 3 aromatic rings. The van der Waals surface area contributed by atoms with Crippen LogP contribution < -0.4 is 5.32 Å². The smallest absolute Gasteiger partial charge is 0.357 e. The zero-order chi connectivity index (χ0) is 17.3. The zero-order valence-corrected chi connectivity index (χ0v) is 13.9. The fourth-order valence-electron chi connectivity index (χ4n) is 2.96. The highest BCUT2D eigenvalue weighted by Gasteiger charge is 2.19. The zero-order valence-electron chi connectivity index (χ0n) is 13.9. The summed E-state index contributed by atoms with van der Waals surface area (Å²) < 4.78 is 5.12. The van der Waals surface area contributed by atoms with Gasteiger partial charge in [-0.3, -0.25) is 4.79 Å². The van der Waals surface area contributed by atoms with Gasteiger partial charge < -0.3 is 15.0 Å². The molecule has 0 saturated carbocycles. The van der Waals surface area contributed by atoms with Crippen LogP contribution in [-0.2, 0) is 16.0 Å². The molecule has 24 heavy (non-hydrogen) atoms. The summed E-state index contributed by atoms with van der Waals surface area (Å²) in [5, 5.41) is 4.67. The maximum Gasteiger partial charge on any atom is 0.357 e. The van der Waals surface area contributed by atoms with Gasteiger partial charge in [0.25, 0.3) is 0 Å². The summed E-state index contributed by atoms with van der Waals surface area (Å²) in [5.74, 6) is -0.539. The monoisotopic (exact) mass is 325 g/mol. The van der Waals surface area contributed by atoms with Gasteiger partial charge in [-0.1, -0.05) is 6.92 Å². The van der Waals surface area contributed by atoms with Gasteiger partial charge >= 0.3 is 5.97 Å². The lowest BCUT2D eigenvalue weighted by atomic mass is 10.0. The quantitative estimate of drug-likeness (QED) is 0.720. The summed E-state index contributed by atoms with van der Waals surface area (Å²) in [6.07, 6.45) is 2.30. The van der Waals surface area contributed by atoms with E-state index in [0.717, 1.165) is 27.4 Å². The SMILES string of the molecule is CCOC(=O)c1ncc2[nH]c3ccc(NC(C)=O)cc3c2c1CC. The minimum Gasteiger partial charge on any atom is -0.461 e. The van der Waals surface area contributed by atoms with Crippen LogP contribution in [0.15, 0.2) is 24.4 Å². The number of carbonyl (C=O) groups is 2. The van der Waals surface area contributed by atoms with Crippen molar-refractivity contribution in [1.82, 2.24) is 9.97 Å². The second-order valence-electron chi connectivity index (χ2n) is 5.51. The van der Waals surface area contributed by atoms with E-state index in [0.29, 0.717) is 24.4 Å². The molecule has 0 aliphatic heterocycles. The number of nitrogens with zero attached hydrogens (tertiary/aromatic N) is 1. The summed E-state index contributed by atoms with van der Waals surface area (Å²) in [6, 6.07) is 5.65. The van der Waals surface area contributed by atoms with Gasteiger partial charge in [-0.25, -0.2) is 9.78 Å². The van der Waals surface area contributed by atoms with E-state index in [9.17, 15) is 9.59 Å². The van der Waals surface area contributed by atoms with Crippen LogP contribution in [-0.4, -0.2) is 28.5 Å². The number of rotatable bonds is 4. The highest BCUT2D eigenvalue weighted by Crippen LogP contribution is 2.32. The minimum absolute atomic E-state index is 0.126. The van der Waals surface area contributed by atoms with Crippen molar-refractivity contribution in [1.29, 1.82) is 0 Å². The van der Waals surface area contributed by atoms with E-state index in [1.165, 1.54) is 6.92 Å². The molecule has 124 valence electrons. The molecule has 0 fully saturated rings. The van der Waals surface area contributed by atoms with Gasteiger partial charge in [0.15, 0.2) is 5.69 Å². The highest BCUT2D eigenvalue weighted by atomic mass is 16.5. The average molecular weight is 325 g/mol. The largest absolute Gasteiger partial charge is 0.461 e. The maximum atomic E-state index is 12.2. The summed E-state index contributed by atoms with van der Waals surface area (Å²) in [6.45, 7) is 5.53. The first-order valence-corrected chi connectivity index (χ1v) is 7.93. The Bertz CT molecular complexity index is 943. The first-order chi connectivity index (χ1) is 11.5. The van der Waals surface area contributed by atoms with Gasteiger partial charge in [-0.15, -0.1) is 0 Å². The molecule has 1 amide bonds. The summed E-state index contributed by atoms with van der Waals surface area (Å²) in [5.41, 5.74) is 3.69. The van der Waals surface area contributed by atoms with E-state index in [2.05, 4.69) is 15.3 Å². The Morgan fingerprint density at radius 2 is 2.04 bits per heavy atom. The Kier molecular flexibility index (Phi) is 4.20. The molecule has 1 aromatic carbocycles. The van der Waals surface area contributed by atoms with Gasteiger partial charge in [0.1, 0.15) is 0 Å². The highest BCUT2D eigenvalue weighted by molar-refractivity contribution is 6.12. The third-order valence-electron chi connectivity index (χ3n) is 3.88. The standard InChI is InChI=1S/C18H19N3O3/c1-4-12-16-13-8-11(20-10(3)22)6-7-14(13)21-15(16)9-19-17(12)18(23)24-5-2/h6-9,21H,4-5H2,1-3H3,(H,20,22). The van der Waals surface area contributed by atoms with E-state index >= 15 is 0 Å². The van der Waals surface area contributed by atoms with Crippen molar-refractivity contribution in [2.45, 2.75) is 27.2 Å². The number of H-pyrrole nitrogens is 1. The van der Waals surface area contributed by atoms with Gasteiger partial charge in [0.05, 0.1) is 18.3 Å². The number of aromatic amines is 1. The number of hydrogen-bond donors (Lipinski definition) is 2. The Balaban J connectivity index is 2.27. The second kappa shape index (κ2) is 6.31. The average Bonchev–Trinajstić information content (AvgIpc) is 2.91. The Labute approximate surface area is 139 Å². The van der Waals surface area contributed by atoms with Crippen LogP contribution in [0.1, 0.15) is 36.8 Å². The van der Waals surface area contributed by atoms with E-state index in [-0.39, 0.29) is 5.91 Å². The lowest BCUT2D eigenvalue weighted by Gasteiger charge is -2.08. The van der Waals surface area contributed by atoms with E-state index < -0.39 is 5.97 Å². The Morgan fingerprint density at radius 3 is 2.71 bits per heavy atom. The molecule has 2 N–H and O–H groups in total. The van der Waals surface area contributed by atoms with Crippen molar-refractivity contribution in [2.75, 3.05) is 11.9 Å². The van der Waals surface area contributed by atoms with Gasteiger partial charge in [-0.05, 0) is 37.1 Å². The number of carbonyl (C=O) groups excluding carboxylic acids is 2. The van der Waals surface area contributed by atoms with Gasteiger partial charge in [0, 0.05) is 28.9 Å². The molecule has 3 rings (SSSR count). The predicted octanol–water partition coefficient (Wildman–Crippen LogP) is 3.41. The molecular weight excluding hydrogens is 306 g/mol. The van der Waals surface area contributed by atoms with Crippen molar-refractivity contribution < 1.29 is 14.3 Å². The van der Waals surface area contributed by atoms with Crippen LogP contribution in [0.5, 0.6) is 0 Å². The molecule has 0 saturated heterocycles. The lowest BCUT2D eigenvalue weighted by molar-refractivity contribution is -0.114. The molecule has 0 bridgehead atoms. The number of ether oxygens (including phenoxy) is 1. The molecule has 0 spiro atoms. The number of aromatic nitrogens is 2. The van der Waals surface area contributed by atoms with Gasteiger partial charge in [0.2, 0.25) is 5.91 Å². The molecule has 0 aliphatic carbocycles. The Morgan fingerprint density at radius 1 is 1.25 bits per heavy atom. The predicted molar refractivity (Wildman–Crippen MR) is 93.2 cm³/mol. The fraction of sp³-hybridized carbons (Fsp3) is 0.278. The Hall–Kier alpha value is -2.89. The summed E-state index contributed by atoms with van der Waals surface area (Å²) in [4.78, 5) is 31.1. The number of aryl methyl sites for hydroxylation is 1. The number of benzene rings is 1. The third kappa shape index (κ3) is 2.71. The normalized spacial score (nSPS) is 11.0. The molecule has 6 heteroatoms. The van der Waals surface area contributed by atoms with Crippen molar-refractivity contribution in [3.05, 3.63) is 35.7 Å². The first-order valence-electron chi connectivity index (χ1n) is 7.93. The number of pyridine rings is 1. The summed E-state index contributed by atoms with van der Waals surface area (Å²) >= 11 is 0. The molecule has 0 atom stereocenters. The van der Waals surface area contributed by atoms with Crippen LogP contribution >= 0.6 is 0 Å². The topological polar surface area (TPSA) is 84.1 Å². The number of fused-ring (bicyclic) bond motifs is 3. The van der Waals surface area contributed by atoms with Crippen molar-refractivity contribution in [2.24, 2.45) is 0 Å². The number of nitrogens with one attached hydrogen (secondary N) is 2. The molecule has 6 nitrogen and oxygen atoms in total. The molecule has 2 aromatic heterocycles. The van der Waals surface area contributed by atoms with Crippen molar-refractivity contribution in [3.8, 4) is 0 Å². The van der Waals surface area contributed by atoms with Crippen LogP contribution in [0.25, 0.3) is 21.8 Å². The first kappa shape index (κ1) is 16.0. The number of amides is 1. The molecule has 2 heterocycles. The van der Waals surface area contributed by atoms with E-state index in [1.54, 1.807) is 13.1 Å². The minimum atomic E-state index is -0.413. The summed E-state index contributed by atoms with van der Waals surface area (Å²) in [7, 11) is 0. The van der Waals surface area contributed by atoms with E-state index in [4.69, 9.17) is 4.74 Å².